The van der Waals surface area contributed by atoms with E-state index in [2.05, 4.69) is 256 Å². The Hall–Kier alpha value is -11.0. The summed E-state index contributed by atoms with van der Waals surface area (Å²) < 4.78 is 7.19. The predicted octanol–water partition coefficient (Wildman–Crippen LogP) is 30.1. The molecule has 6 aromatic heterocycles. The molecule has 5 aliphatic carbocycles. The van der Waals surface area contributed by atoms with Crippen LogP contribution in [0.2, 0.25) is 0 Å². The van der Waals surface area contributed by atoms with Crippen LogP contribution >= 0.6 is 0 Å². The molecule has 0 radical (unpaired) electrons. The van der Waals surface area contributed by atoms with Crippen molar-refractivity contribution < 1.29 is 0 Å². The minimum atomic E-state index is 0.909. The van der Waals surface area contributed by atoms with Gasteiger partial charge in [-0.25, -0.2) is 15.0 Å². The largest absolute Gasteiger partial charge is 0.295 e. The summed E-state index contributed by atoms with van der Waals surface area (Å²) in [6, 6.07) is 87.7. The van der Waals surface area contributed by atoms with E-state index in [1.165, 1.54) is 171 Å². The van der Waals surface area contributed by atoms with Crippen LogP contribution < -0.4 is 0 Å². The Bertz CT molecular complexity index is 5890. The first-order valence-electron chi connectivity index (χ1n) is 41.2. The van der Waals surface area contributed by atoms with Crippen LogP contribution in [0.4, 0.5) is 0 Å². The molecule has 0 atom stereocenters. The monoisotopic (exact) mass is 1420 g/mol. The summed E-state index contributed by atoms with van der Waals surface area (Å²) in [7, 11) is 0. The van der Waals surface area contributed by atoms with Crippen LogP contribution in [-0.4, -0.2) is 28.2 Å². The lowest BCUT2D eigenvalue weighted by molar-refractivity contribution is 1.09. The van der Waals surface area contributed by atoms with Gasteiger partial charge in [-0.1, -0.05) is 377 Å². The number of nitrogens with zero attached hydrogens (tertiary/aromatic N) is 6. The van der Waals surface area contributed by atoms with Gasteiger partial charge >= 0.3 is 0 Å². The second-order valence-electron chi connectivity index (χ2n) is 24.0. The molecule has 0 saturated heterocycles. The molecule has 108 heavy (non-hydrogen) atoms. The summed E-state index contributed by atoms with van der Waals surface area (Å²) in [5.74, 6) is 0. The maximum atomic E-state index is 5.23. The zero-order valence-electron chi connectivity index (χ0n) is 68.8. The van der Waals surface area contributed by atoms with E-state index in [-0.39, 0.29) is 0 Å². The predicted molar refractivity (Wildman–Crippen MR) is 477 cm³/mol. The molecule has 6 heterocycles. The van der Waals surface area contributed by atoms with E-state index >= 15 is 0 Å². The minimum Gasteiger partial charge on any atom is -0.295 e. The van der Waals surface area contributed by atoms with Gasteiger partial charge < -0.3 is 0 Å². The van der Waals surface area contributed by atoms with Crippen molar-refractivity contribution in [2.75, 3.05) is 0 Å². The van der Waals surface area contributed by atoms with Crippen LogP contribution in [0, 0.1) is 0 Å². The number of imidazole rings is 3. The SMILES string of the molecule is CC.CC.CC.CC.CC.CC.CC.CC.CC.CC.CC.c1ccc2c(c1)Cc1c-2ccc2c1Cc1nc3c4ccccc4c4ccccc4n3c1-2.c1ccc2c(c1)Cc1c-2nc2c3ccccc3c3ccccc3n12.c1ccc2c(c1)Cc1ccc3c(c1-2)Cc1nc2c4ccccc4c4ccccc4n2c1-3. The third-order valence-electron chi connectivity index (χ3n) is 19.7. The van der Waals surface area contributed by atoms with Crippen molar-refractivity contribution in [1.82, 2.24) is 28.2 Å². The summed E-state index contributed by atoms with van der Waals surface area (Å²) in [6.07, 6.45) is 4.86. The van der Waals surface area contributed by atoms with Crippen molar-refractivity contribution >= 4 is 82.0 Å². The van der Waals surface area contributed by atoms with Gasteiger partial charge in [-0.2, -0.15) is 0 Å². The molecule has 0 N–H and O–H groups in total. The minimum absolute atomic E-state index is 0.909. The smallest absolute Gasteiger partial charge is 0.146 e. The number of hydrogen-bond donors (Lipinski definition) is 0. The van der Waals surface area contributed by atoms with Crippen LogP contribution in [0.15, 0.2) is 243 Å². The van der Waals surface area contributed by atoms with Crippen LogP contribution in [0.1, 0.15) is 208 Å². The van der Waals surface area contributed by atoms with Crippen LogP contribution in [0.5, 0.6) is 0 Å². The summed E-state index contributed by atoms with van der Waals surface area (Å²) >= 11 is 0. The van der Waals surface area contributed by atoms with E-state index < -0.39 is 0 Å². The molecule has 0 spiro atoms. The van der Waals surface area contributed by atoms with Gasteiger partial charge in [-0.15, -0.1) is 0 Å². The van der Waals surface area contributed by atoms with Crippen molar-refractivity contribution in [3.63, 3.8) is 0 Å². The van der Waals surface area contributed by atoms with Crippen LogP contribution in [0.25, 0.3) is 138 Å². The molecular weight excluding hydrogens is 1310 g/mol. The number of fused-ring (bicyclic) bond motifs is 38. The van der Waals surface area contributed by atoms with E-state index in [9.17, 15) is 0 Å². The van der Waals surface area contributed by atoms with Gasteiger partial charge in [-0.05, 0) is 108 Å². The zero-order chi connectivity index (χ0) is 77.9. The van der Waals surface area contributed by atoms with Gasteiger partial charge in [0.1, 0.15) is 16.9 Å². The fraction of sp³-hybridized carbons (Fsp3) is 0.265. The number of aromatic nitrogens is 6. The van der Waals surface area contributed by atoms with Gasteiger partial charge in [0.25, 0.3) is 0 Å². The van der Waals surface area contributed by atoms with E-state index in [0.29, 0.717) is 0 Å². The fourth-order valence-electron chi connectivity index (χ4n) is 16.1. The van der Waals surface area contributed by atoms with Gasteiger partial charge in [0.2, 0.25) is 0 Å². The quantitative estimate of drug-likeness (QED) is 0.142. The molecule has 554 valence electrons. The molecule has 17 aromatic rings. The first kappa shape index (κ1) is 81.1. The zero-order valence-corrected chi connectivity index (χ0v) is 68.8. The molecule has 6 nitrogen and oxygen atoms in total. The molecule has 0 amide bonds. The summed E-state index contributed by atoms with van der Waals surface area (Å²) in [4.78, 5) is 15.5. The van der Waals surface area contributed by atoms with Gasteiger partial charge in [0.15, 0.2) is 0 Å². The van der Waals surface area contributed by atoms with Crippen molar-refractivity contribution in [2.24, 2.45) is 0 Å². The van der Waals surface area contributed by atoms with Gasteiger partial charge in [0, 0.05) is 68.3 Å². The van der Waals surface area contributed by atoms with Crippen molar-refractivity contribution in [1.29, 1.82) is 0 Å². The molecule has 0 bridgehead atoms. The lowest BCUT2D eigenvalue weighted by Gasteiger charge is -2.13. The van der Waals surface area contributed by atoms with E-state index in [1.54, 1.807) is 0 Å². The van der Waals surface area contributed by atoms with Crippen LogP contribution in [0.3, 0.4) is 0 Å². The lowest BCUT2D eigenvalue weighted by Crippen LogP contribution is -1.96. The second kappa shape index (κ2) is 38.0. The van der Waals surface area contributed by atoms with E-state index in [1.807, 2.05) is 152 Å². The van der Waals surface area contributed by atoms with E-state index in [0.717, 1.165) is 54.7 Å². The summed E-state index contributed by atoms with van der Waals surface area (Å²) in [5.41, 5.74) is 34.1. The molecule has 0 saturated carbocycles. The third kappa shape index (κ3) is 13.9. The normalized spacial score (nSPS) is 11.2. The molecule has 6 heteroatoms. The number of pyridine rings is 3. The second-order valence-corrected chi connectivity index (χ2v) is 24.0. The highest BCUT2D eigenvalue weighted by Gasteiger charge is 2.34. The maximum Gasteiger partial charge on any atom is 0.146 e. The highest BCUT2D eigenvalue weighted by atomic mass is 15.1. The standard InChI is InChI=1S/2C29H18N2.C22H14N2.11C2H6/c1-2-8-19-17(7-1)15-18-13-14-22-24(27(18)19)16-25-28(22)31-26-12-6-5-10-21(26)20-9-3-4-11-23(20)29(31)30-25;1-2-8-18-17(7-1)15-24-20(18)13-14-22-25(24)16-26-28(22)31-27-12-6-5-10-21(27)19-9-3-4-11-23(19)29(31)30-26;1-2-8-15-14(7-1)13-20-21(15)23-22-18-11-4-3-9-16(18)17-10-5-6-12-19(17)24(20)22;11*1-2/h2*1-14H,15-16H2;1-12H,13H2;11*1-2H3. The van der Waals surface area contributed by atoms with Gasteiger partial charge in [0.05, 0.1) is 50.7 Å². The van der Waals surface area contributed by atoms with Crippen LogP contribution in [-0.2, 0) is 32.1 Å². The number of para-hydroxylation sites is 3. The lowest BCUT2D eigenvalue weighted by atomic mass is 9.96. The van der Waals surface area contributed by atoms with E-state index in [4.69, 9.17) is 15.0 Å². The van der Waals surface area contributed by atoms with Crippen molar-refractivity contribution in [2.45, 2.75) is 184 Å². The van der Waals surface area contributed by atoms with Gasteiger partial charge in [-0.3, -0.25) is 13.2 Å². The number of benzene rings is 11. The number of rotatable bonds is 0. The summed E-state index contributed by atoms with van der Waals surface area (Å²) in [6.45, 7) is 44.0. The molecule has 11 aromatic carbocycles. The highest BCUT2D eigenvalue weighted by Crippen LogP contribution is 2.51. The average molecular weight is 1430 g/mol. The molecule has 0 unspecified atom stereocenters. The Morgan fingerprint density at radius 1 is 0.213 bits per heavy atom. The fourth-order valence-corrected chi connectivity index (χ4v) is 16.1. The topological polar surface area (TPSA) is 51.9 Å². The first-order valence-corrected chi connectivity index (χ1v) is 41.2. The Labute approximate surface area is 645 Å². The summed E-state index contributed by atoms with van der Waals surface area (Å²) in [5, 5.41) is 11.4. The molecule has 0 aliphatic heterocycles. The molecule has 0 fully saturated rings. The first-order chi connectivity index (χ1) is 53.7. The maximum absolute atomic E-state index is 5.23. The molecule has 22 rings (SSSR count). The average Bonchev–Trinajstić information content (AvgIpc) is 1.55. The Balaban J connectivity index is 0.000000167. The Morgan fingerprint density at radius 2 is 0.528 bits per heavy atom. The van der Waals surface area contributed by atoms with Crippen molar-refractivity contribution in [3.8, 4) is 56.0 Å². The molecule has 5 aliphatic rings. The Kier molecular flexibility index (Phi) is 28.6. The highest BCUT2D eigenvalue weighted by molar-refractivity contribution is 6.15. The Morgan fingerprint density at radius 3 is 0.991 bits per heavy atom. The number of hydrogen-bond acceptors (Lipinski definition) is 3. The molecular formula is C102H116N6. The third-order valence-corrected chi connectivity index (χ3v) is 19.7. The van der Waals surface area contributed by atoms with Crippen molar-refractivity contribution in [3.05, 3.63) is 299 Å².